The molecule has 3 rings (SSSR count). The molecule has 0 fully saturated rings. The van der Waals surface area contributed by atoms with Crippen LogP contribution in [0.1, 0.15) is 11.4 Å². The van der Waals surface area contributed by atoms with Gasteiger partial charge in [-0.1, -0.05) is 12.1 Å². The van der Waals surface area contributed by atoms with Crippen LogP contribution in [-0.2, 0) is 6.54 Å². The first-order valence-corrected chi connectivity index (χ1v) is 6.18. The van der Waals surface area contributed by atoms with Gasteiger partial charge in [0.15, 0.2) is 5.65 Å². The lowest BCUT2D eigenvalue weighted by molar-refractivity contribution is 0.938. The van der Waals surface area contributed by atoms with Crippen LogP contribution in [0.4, 0.5) is 11.5 Å². The molecule has 0 amide bonds. The van der Waals surface area contributed by atoms with Crippen LogP contribution in [0.2, 0.25) is 0 Å². The lowest BCUT2D eigenvalue weighted by Crippen LogP contribution is -2.13. The summed E-state index contributed by atoms with van der Waals surface area (Å²) in [5.41, 5.74) is 7.77. The lowest BCUT2D eigenvalue weighted by atomic mass is 10.2. The molecule has 0 saturated carbocycles. The van der Waals surface area contributed by atoms with E-state index in [0.717, 1.165) is 11.3 Å². The minimum atomic E-state index is -0.288. The van der Waals surface area contributed by atoms with E-state index in [-0.39, 0.29) is 5.69 Å². The van der Waals surface area contributed by atoms with Crippen LogP contribution < -0.4 is 16.7 Å². The summed E-state index contributed by atoms with van der Waals surface area (Å²) in [4.78, 5) is 15.9. The van der Waals surface area contributed by atoms with Crippen LogP contribution in [0.25, 0.3) is 5.65 Å². The van der Waals surface area contributed by atoms with Crippen molar-refractivity contribution in [1.82, 2.24) is 19.6 Å². The van der Waals surface area contributed by atoms with Crippen LogP contribution in [0.5, 0.6) is 0 Å². The number of nitrogens with one attached hydrogen (secondary N) is 2. The third kappa shape index (κ3) is 2.14. The third-order valence-electron chi connectivity index (χ3n) is 3.03. The van der Waals surface area contributed by atoms with Crippen molar-refractivity contribution in [2.24, 2.45) is 5.73 Å². The predicted octanol–water partition coefficient (Wildman–Crippen LogP) is 0.928. The Labute approximate surface area is 114 Å². The van der Waals surface area contributed by atoms with Gasteiger partial charge in [0, 0.05) is 18.3 Å². The molecule has 20 heavy (non-hydrogen) atoms. The van der Waals surface area contributed by atoms with E-state index in [2.05, 4.69) is 20.5 Å². The molecule has 0 bridgehead atoms. The second kappa shape index (κ2) is 4.78. The summed E-state index contributed by atoms with van der Waals surface area (Å²) in [5.74, 6) is 1.21. The second-order valence-electron chi connectivity index (χ2n) is 4.44. The number of aromatic nitrogens is 4. The van der Waals surface area contributed by atoms with Gasteiger partial charge in [-0.25, -0.2) is 19.3 Å². The zero-order valence-corrected chi connectivity index (χ0v) is 10.9. The maximum Gasteiger partial charge on any atom is 0.349 e. The fourth-order valence-corrected chi connectivity index (χ4v) is 2.03. The molecule has 0 saturated heterocycles. The smallest absolute Gasteiger partial charge is 0.340 e. The van der Waals surface area contributed by atoms with Crippen molar-refractivity contribution in [3.63, 3.8) is 0 Å². The Kier molecular flexibility index (Phi) is 2.96. The van der Waals surface area contributed by atoms with E-state index in [0.29, 0.717) is 23.8 Å². The fraction of sp³-hybridized carbons (Fsp3) is 0.154. The Hall–Kier alpha value is -2.67. The highest BCUT2D eigenvalue weighted by Gasteiger charge is 2.06. The zero-order chi connectivity index (χ0) is 14.1. The van der Waals surface area contributed by atoms with Gasteiger partial charge in [0.1, 0.15) is 11.6 Å². The molecule has 7 heteroatoms. The summed E-state index contributed by atoms with van der Waals surface area (Å²) in [6.45, 7) is 2.27. The average Bonchev–Trinajstić information content (AvgIpc) is 2.81. The minimum Gasteiger partial charge on any atom is -0.340 e. The quantitative estimate of drug-likeness (QED) is 0.657. The monoisotopic (exact) mass is 270 g/mol. The first kappa shape index (κ1) is 12.4. The summed E-state index contributed by atoms with van der Waals surface area (Å²) >= 11 is 0. The molecule has 0 atom stereocenters. The summed E-state index contributed by atoms with van der Waals surface area (Å²) in [7, 11) is 0. The number of nitrogens with zero attached hydrogens (tertiary/aromatic N) is 3. The topological polar surface area (TPSA) is 101 Å². The van der Waals surface area contributed by atoms with Gasteiger partial charge in [-0.15, -0.1) is 0 Å². The van der Waals surface area contributed by atoms with Gasteiger partial charge in [-0.05, 0) is 24.6 Å². The number of anilines is 2. The van der Waals surface area contributed by atoms with Crippen molar-refractivity contribution in [2.75, 3.05) is 5.32 Å². The molecular weight excluding hydrogens is 256 g/mol. The number of aromatic amines is 1. The molecule has 102 valence electrons. The normalized spacial score (nSPS) is 10.9. The molecule has 4 N–H and O–H groups in total. The van der Waals surface area contributed by atoms with Gasteiger partial charge < -0.3 is 11.1 Å². The number of hydrogen-bond acceptors (Lipinski definition) is 5. The molecule has 0 aliphatic heterocycles. The number of fused-ring (bicyclic) bond motifs is 1. The summed E-state index contributed by atoms with van der Waals surface area (Å²) in [5, 5.41) is 9.51. The number of benzene rings is 1. The van der Waals surface area contributed by atoms with Crippen molar-refractivity contribution in [1.29, 1.82) is 0 Å². The van der Waals surface area contributed by atoms with Crippen LogP contribution in [0, 0.1) is 6.92 Å². The molecule has 1 aromatic carbocycles. The largest absolute Gasteiger partial charge is 0.349 e. The SMILES string of the molecule is Cc1nc(Nc2ccc(CN)cc2)cc2n[nH]c(=O)n12. The molecule has 0 aliphatic rings. The van der Waals surface area contributed by atoms with Gasteiger partial charge in [-0.3, -0.25) is 0 Å². The summed E-state index contributed by atoms with van der Waals surface area (Å²) in [6, 6.07) is 9.47. The molecule has 0 spiro atoms. The minimum absolute atomic E-state index is 0.288. The van der Waals surface area contributed by atoms with Crippen molar-refractivity contribution in [2.45, 2.75) is 13.5 Å². The Morgan fingerprint density at radius 3 is 2.80 bits per heavy atom. The van der Waals surface area contributed by atoms with Gasteiger partial charge in [0.2, 0.25) is 0 Å². The molecular formula is C13H14N6O. The fourth-order valence-electron chi connectivity index (χ4n) is 2.03. The lowest BCUT2D eigenvalue weighted by Gasteiger charge is -2.07. The molecule has 0 unspecified atom stereocenters. The van der Waals surface area contributed by atoms with E-state index in [9.17, 15) is 4.79 Å². The van der Waals surface area contributed by atoms with Crippen LogP contribution in [-0.4, -0.2) is 19.6 Å². The average molecular weight is 270 g/mol. The Morgan fingerprint density at radius 2 is 2.10 bits per heavy atom. The maximum atomic E-state index is 11.5. The summed E-state index contributed by atoms with van der Waals surface area (Å²) in [6.07, 6.45) is 0. The first-order chi connectivity index (χ1) is 9.67. The van der Waals surface area contributed by atoms with Crippen LogP contribution >= 0.6 is 0 Å². The van der Waals surface area contributed by atoms with Crippen LogP contribution in [0.3, 0.4) is 0 Å². The first-order valence-electron chi connectivity index (χ1n) is 6.18. The highest BCUT2D eigenvalue weighted by Crippen LogP contribution is 2.16. The second-order valence-corrected chi connectivity index (χ2v) is 4.44. The van der Waals surface area contributed by atoms with Crippen LogP contribution in [0.15, 0.2) is 35.1 Å². The highest BCUT2D eigenvalue weighted by molar-refractivity contribution is 5.60. The molecule has 2 heterocycles. The molecule has 0 aliphatic carbocycles. The Morgan fingerprint density at radius 1 is 1.35 bits per heavy atom. The number of H-pyrrole nitrogens is 1. The van der Waals surface area contributed by atoms with Gasteiger partial charge in [0.25, 0.3) is 0 Å². The van der Waals surface area contributed by atoms with E-state index in [1.165, 1.54) is 4.40 Å². The molecule has 0 radical (unpaired) electrons. The number of aryl methyl sites for hydroxylation is 1. The maximum absolute atomic E-state index is 11.5. The molecule has 7 nitrogen and oxygen atoms in total. The Bertz CT molecular complexity index is 802. The van der Waals surface area contributed by atoms with Crippen molar-refractivity contribution >= 4 is 17.2 Å². The number of nitrogens with two attached hydrogens (primary N) is 1. The third-order valence-corrected chi connectivity index (χ3v) is 3.03. The van der Waals surface area contributed by atoms with E-state index < -0.39 is 0 Å². The van der Waals surface area contributed by atoms with Crippen molar-refractivity contribution in [3.8, 4) is 0 Å². The van der Waals surface area contributed by atoms with Gasteiger partial charge in [0.05, 0.1) is 0 Å². The number of rotatable bonds is 3. The molecule has 3 aromatic rings. The molecule has 2 aromatic heterocycles. The van der Waals surface area contributed by atoms with Crippen molar-refractivity contribution < 1.29 is 0 Å². The van der Waals surface area contributed by atoms with E-state index in [4.69, 9.17) is 5.73 Å². The standard InChI is InChI=1S/C13H14N6O/c1-8-15-11(6-12-17-18-13(20)19(8)12)16-10-4-2-9(7-14)3-5-10/h2-6,16H,7,14H2,1H3,(H,18,20). The highest BCUT2D eigenvalue weighted by atomic mass is 16.1. The van der Waals surface area contributed by atoms with E-state index in [1.54, 1.807) is 13.0 Å². The summed E-state index contributed by atoms with van der Waals surface area (Å²) < 4.78 is 1.42. The van der Waals surface area contributed by atoms with E-state index >= 15 is 0 Å². The van der Waals surface area contributed by atoms with Crippen molar-refractivity contribution in [3.05, 3.63) is 52.2 Å². The van der Waals surface area contributed by atoms with Gasteiger partial charge in [-0.2, -0.15) is 5.10 Å². The number of hydrogen-bond donors (Lipinski definition) is 3. The van der Waals surface area contributed by atoms with E-state index in [1.807, 2.05) is 24.3 Å². The Balaban J connectivity index is 1.95. The zero-order valence-electron chi connectivity index (χ0n) is 10.9. The van der Waals surface area contributed by atoms with Gasteiger partial charge >= 0.3 is 5.69 Å². The predicted molar refractivity (Wildman–Crippen MR) is 76.0 cm³/mol.